The fraction of sp³-hybridized carbons (Fsp3) is 1.00. The van der Waals surface area contributed by atoms with Crippen LogP contribution in [-0.4, -0.2) is 16.0 Å². The molecule has 2 heteroatoms. The zero-order valence-corrected chi connectivity index (χ0v) is 8.94. The van der Waals surface area contributed by atoms with E-state index < -0.39 is 5.60 Å². The van der Waals surface area contributed by atoms with Crippen molar-refractivity contribution in [1.29, 1.82) is 0 Å². The Bertz CT molecular complexity index is 202. The molecule has 0 saturated heterocycles. The molecular formula is C10H18OS. The summed E-state index contributed by atoms with van der Waals surface area (Å²) in [6, 6.07) is 0. The molecule has 4 atom stereocenters. The highest BCUT2D eigenvalue weighted by Gasteiger charge is 2.60. The van der Waals surface area contributed by atoms with Crippen molar-refractivity contribution in [2.24, 2.45) is 17.3 Å². The van der Waals surface area contributed by atoms with E-state index in [0.29, 0.717) is 11.3 Å². The highest BCUT2D eigenvalue weighted by Crippen LogP contribution is 2.62. The van der Waals surface area contributed by atoms with Gasteiger partial charge in [0.15, 0.2) is 0 Å². The van der Waals surface area contributed by atoms with Crippen molar-refractivity contribution in [3.8, 4) is 0 Å². The number of hydrogen-bond acceptors (Lipinski definition) is 2. The monoisotopic (exact) mass is 186 g/mol. The summed E-state index contributed by atoms with van der Waals surface area (Å²) >= 11 is 4.54. The summed E-state index contributed by atoms with van der Waals surface area (Å²) in [6.45, 7) is 6.55. The van der Waals surface area contributed by atoms with Gasteiger partial charge in [0.05, 0.1) is 5.60 Å². The second-order valence-electron chi connectivity index (χ2n) is 5.37. The minimum atomic E-state index is -0.522. The molecule has 0 spiro atoms. The molecule has 0 aliphatic heterocycles. The number of rotatable bonds is 0. The van der Waals surface area contributed by atoms with Crippen LogP contribution in [0.2, 0.25) is 0 Å². The van der Waals surface area contributed by atoms with Crippen LogP contribution in [0, 0.1) is 17.3 Å². The summed E-state index contributed by atoms with van der Waals surface area (Å²) < 4.78 is 0. The van der Waals surface area contributed by atoms with Gasteiger partial charge in [0.25, 0.3) is 0 Å². The number of aliphatic hydroxyl groups is 1. The second-order valence-corrected chi connectivity index (χ2v) is 5.92. The second kappa shape index (κ2) is 2.21. The highest BCUT2D eigenvalue weighted by atomic mass is 32.1. The summed E-state index contributed by atoms with van der Waals surface area (Å²) in [4.78, 5) is 0. The van der Waals surface area contributed by atoms with Crippen LogP contribution in [0.5, 0.6) is 0 Å². The summed E-state index contributed by atoms with van der Waals surface area (Å²) in [5.41, 5.74) is -0.0964. The molecule has 0 heterocycles. The summed E-state index contributed by atoms with van der Waals surface area (Å²) in [5, 5.41) is 10.2. The highest BCUT2D eigenvalue weighted by molar-refractivity contribution is 7.81. The first kappa shape index (κ1) is 8.89. The van der Waals surface area contributed by atoms with Crippen molar-refractivity contribution >= 4 is 12.6 Å². The van der Waals surface area contributed by atoms with E-state index in [2.05, 4.69) is 26.5 Å². The predicted molar refractivity (Wildman–Crippen MR) is 53.4 cm³/mol. The molecule has 1 N–H and O–H groups in total. The number of fused-ring (bicyclic) bond motifs is 2. The van der Waals surface area contributed by atoms with Crippen LogP contribution >= 0.6 is 12.6 Å². The molecule has 3 aliphatic carbocycles. The minimum absolute atomic E-state index is 0.178. The van der Waals surface area contributed by atoms with Crippen molar-refractivity contribution in [2.75, 3.05) is 0 Å². The van der Waals surface area contributed by atoms with E-state index in [1.807, 2.05) is 6.92 Å². The molecule has 0 aromatic rings. The van der Waals surface area contributed by atoms with E-state index in [-0.39, 0.29) is 5.25 Å². The molecular weight excluding hydrogens is 168 g/mol. The maximum absolute atomic E-state index is 10.00. The Balaban J connectivity index is 2.23. The average Bonchev–Trinajstić information content (AvgIpc) is 1.93. The lowest BCUT2D eigenvalue weighted by molar-refractivity contribution is -0.150. The van der Waals surface area contributed by atoms with Crippen molar-refractivity contribution in [3.63, 3.8) is 0 Å². The first-order valence-corrected chi connectivity index (χ1v) is 5.28. The fourth-order valence-electron chi connectivity index (χ4n) is 2.99. The van der Waals surface area contributed by atoms with Crippen molar-refractivity contribution < 1.29 is 5.11 Å². The third-order valence-electron chi connectivity index (χ3n) is 4.22. The Morgan fingerprint density at radius 1 is 1.33 bits per heavy atom. The van der Waals surface area contributed by atoms with Crippen LogP contribution in [0.1, 0.15) is 33.6 Å². The molecule has 12 heavy (non-hydrogen) atoms. The van der Waals surface area contributed by atoms with E-state index in [0.717, 1.165) is 12.3 Å². The normalized spacial score (nSPS) is 56.2. The third kappa shape index (κ3) is 0.912. The van der Waals surface area contributed by atoms with E-state index in [1.165, 1.54) is 6.42 Å². The van der Waals surface area contributed by atoms with Gasteiger partial charge in [0, 0.05) is 5.25 Å². The zero-order chi connectivity index (χ0) is 9.15. The molecule has 0 unspecified atom stereocenters. The standard InChI is InChI=1S/C10H18OS/c1-9(2)6-4-7(9)8(12)10(3,11)5-6/h6-8,11-12H,4-5H2,1-3H3/t6-,7+,8+,10-/m1/s1. The molecule has 0 amide bonds. The predicted octanol–water partition coefficient (Wildman–Crippen LogP) is 2.10. The molecule has 3 rings (SSSR count). The maximum atomic E-state index is 10.00. The van der Waals surface area contributed by atoms with E-state index in [4.69, 9.17) is 0 Å². The quantitative estimate of drug-likeness (QED) is 0.555. The van der Waals surface area contributed by atoms with Gasteiger partial charge in [-0.15, -0.1) is 0 Å². The lowest BCUT2D eigenvalue weighted by Crippen LogP contribution is -2.63. The summed E-state index contributed by atoms with van der Waals surface area (Å²) in [5.74, 6) is 1.34. The van der Waals surface area contributed by atoms with Gasteiger partial charge in [-0.05, 0) is 37.0 Å². The van der Waals surface area contributed by atoms with Crippen molar-refractivity contribution in [3.05, 3.63) is 0 Å². The van der Waals surface area contributed by atoms with Crippen LogP contribution in [-0.2, 0) is 0 Å². The van der Waals surface area contributed by atoms with Crippen molar-refractivity contribution in [1.82, 2.24) is 0 Å². The number of thiol groups is 1. The van der Waals surface area contributed by atoms with E-state index in [1.54, 1.807) is 0 Å². The van der Waals surface area contributed by atoms with Crippen LogP contribution in [0.3, 0.4) is 0 Å². The first-order chi connectivity index (χ1) is 5.36. The Kier molecular flexibility index (Phi) is 1.64. The molecule has 2 bridgehead atoms. The van der Waals surface area contributed by atoms with Gasteiger partial charge < -0.3 is 5.11 Å². The Hall–Kier alpha value is 0.310. The van der Waals surface area contributed by atoms with Gasteiger partial charge in [0.1, 0.15) is 0 Å². The molecule has 0 aromatic heterocycles. The van der Waals surface area contributed by atoms with Crippen LogP contribution in [0.4, 0.5) is 0 Å². The zero-order valence-electron chi connectivity index (χ0n) is 8.04. The summed E-state index contributed by atoms with van der Waals surface area (Å²) in [6.07, 6.45) is 2.21. The first-order valence-electron chi connectivity index (χ1n) is 4.76. The van der Waals surface area contributed by atoms with Gasteiger partial charge >= 0.3 is 0 Å². The lowest BCUT2D eigenvalue weighted by Gasteiger charge is -2.63. The Morgan fingerprint density at radius 2 is 1.92 bits per heavy atom. The Morgan fingerprint density at radius 3 is 2.25 bits per heavy atom. The average molecular weight is 186 g/mol. The fourth-order valence-corrected chi connectivity index (χ4v) is 3.60. The largest absolute Gasteiger partial charge is 0.389 e. The molecule has 1 nitrogen and oxygen atoms in total. The topological polar surface area (TPSA) is 20.2 Å². The maximum Gasteiger partial charge on any atom is 0.0741 e. The molecule has 3 aliphatic rings. The van der Waals surface area contributed by atoms with E-state index in [9.17, 15) is 5.11 Å². The van der Waals surface area contributed by atoms with Crippen LogP contribution in [0.25, 0.3) is 0 Å². The molecule has 3 saturated carbocycles. The third-order valence-corrected chi connectivity index (χ3v) is 5.14. The van der Waals surface area contributed by atoms with Crippen LogP contribution in [0.15, 0.2) is 0 Å². The Labute approximate surface area is 80.0 Å². The summed E-state index contributed by atoms with van der Waals surface area (Å²) in [7, 11) is 0. The smallest absolute Gasteiger partial charge is 0.0741 e. The van der Waals surface area contributed by atoms with Crippen LogP contribution < -0.4 is 0 Å². The van der Waals surface area contributed by atoms with Gasteiger partial charge in [-0.25, -0.2) is 0 Å². The van der Waals surface area contributed by atoms with Crippen molar-refractivity contribution in [2.45, 2.75) is 44.5 Å². The lowest BCUT2D eigenvalue weighted by atomic mass is 9.46. The van der Waals surface area contributed by atoms with Gasteiger partial charge in [-0.3, -0.25) is 0 Å². The molecule has 0 aromatic carbocycles. The minimum Gasteiger partial charge on any atom is -0.389 e. The van der Waals surface area contributed by atoms with Gasteiger partial charge in [-0.1, -0.05) is 13.8 Å². The molecule has 0 radical (unpaired) electrons. The molecule has 3 fully saturated rings. The van der Waals surface area contributed by atoms with E-state index >= 15 is 0 Å². The number of hydrogen-bond donors (Lipinski definition) is 2. The molecule has 70 valence electrons. The van der Waals surface area contributed by atoms with Gasteiger partial charge in [0.2, 0.25) is 0 Å². The van der Waals surface area contributed by atoms with Gasteiger partial charge in [-0.2, -0.15) is 12.6 Å². The SMILES string of the molecule is CC1(C)[C@@H]2C[C@H]1[C@H](S)[C@](C)(O)C2.